The molecule has 8 bridgehead atoms. The molecule has 0 spiro atoms. The minimum atomic E-state index is -1.70. The first-order valence-electron chi connectivity index (χ1n) is 13.8. The summed E-state index contributed by atoms with van der Waals surface area (Å²) in [6.45, 7) is 0. The molecule has 4 aromatic heterocycles. The van der Waals surface area contributed by atoms with Crippen LogP contribution in [0.15, 0.2) is 111 Å². The van der Waals surface area contributed by atoms with Crippen LogP contribution in [0.3, 0.4) is 0 Å². The van der Waals surface area contributed by atoms with Crippen molar-refractivity contribution >= 4 is 78.9 Å². The Hall–Kier alpha value is -5.78. The van der Waals surface area contributed by atoms with Gasteiger partial charge >= 0.3 is 7.12 Å². The van der Waals surface area contributed by atoms with Crippen molar-refractivity contribution < 1.29 is 10.0 Å². The van der Waals surface area contributed by atoms with Crippen molar-refractivity contribution in [2.24, 2.45) is 20.0 Å². The monoisotopic (exact) mass is 560 g/mol. The quantitative estimate of drug-likeness (QED) is 0.171. The van der Waals surface area contributed by atoms with Gasteiger partial charge in [0.2, 0.25) is 0 Å². The maximum absolute atomic E-state index is 10.3. The van der Waals surface area contributed by atoms with Crippen LogP contribution in [0.25, 0.3) is 43.1 Å². The van der Waals surface area contributed by atoms with Gasteiger partial charge in [0.1, 0.15) is 45.2 Å². The normalized spacial score (nSPS) is 12.7. The predicted octanol–water partition coefficient (Wildman–Crippen LogP) is 3.41. The lowest BCUT2D eigenvalue weighted by molar-refractivity contribution is 0.426. The minimum absolute atomic E-state index is 0.324. The molecule has 204 valence electrons. The molecule has 1 aliphatic heterocycles. The Morgan fingerprint density at radius 1 is 0.395 bits per heavy atom. The lowest BCUT2D eigenvalue weighted by Crippen LogP contribution is -2.30. The molecule has 0 amide bonds. The molecular formula is C32H21BN8O2. The summed E-state index contributed by atoms with van der Waals surface area (Å²) in [5, 5.41) is 27.3. The topological polar surface area (TPSA) is 153 Å². The molecule has 11 heteroatoms. The van der Waals surface area contributed by atoms with Gasteiger partial charge in [-0.3, -0.25) is 0 Å². The van der Waals surface area contributed by atoms with Gasteiger partial charge in [0, 0.05) is 43.1 Å². The van der Waals surface area contributed by atoms with E-state index in [4.69, 9.17) is 20.0 Å². The highest BCUT2D eigenvalue weighted by Crippen LogP contribution is 2.34. The number of hydrogen-bond donors (Lipinski definition) is 6. The van der Waals surface area contributed by atoms with Gasteiger partial charge in [0.25, 0.3) is 0 Å². The zero-order valence-electron chi connectivity index (χ0n) is 22.4. The van der Waals surface area contributed by atoms with Crippen molar-refractivity contribution in [2.75, 3.05) is 0 Å². The van der Waals surface area contributed by atoms with Crippen molar-refractivity contribution in [1.29, 1.82) is 0 Å². The molecule has 9 rings (SSSR count). The summed E-state index contributed by atoms with van der Waals surface area (Å²) in [5.74, 6) is 2.31. The molecule has 5 heterocycles. The van der Waals surface area contributed by atoms with E-state index in [1.165, 1.54) is 0 Å². The fourth-order valence-corrected chi connectivity index (χ4v) is 6.07. The third-order valence-corrected chi connectivity index (χ3v) is 8.02. The Labute approximate surface area is 241 Å². The Balaban J connectivity index is 1.51. The zero-order valence-corrected chi connectivity index (χ0v) is 22.4. The molecule has 0 fully saturated rings. The molecule has 1 aliphatic rings. The Kier molecular flexibility index (Phi) is 4.92. The predicted molar refractivity (Wildman–Crippen MR) is 166 cm³/mol. The number of nitrogens with one attached hydrogen (secondary N) is 4. The van der Waals surface area contributed by atoms with Crippen molar-refractivity contribution in [3.05, 3.63) is 113 Å². The number of nitrogens with zero attached hydrogens (tertiary/aromatic N) is 4. The Bertz CT molecular complexity index is 2670. The molecule has 0 aliphatic carbocycles. The molecule has 4 aromatic carbocycles. The van der Waals surface area contributed by atoms with E-state index >= 15 is 0 Å². The van der Waals surface area contributed by atoms with Crippen LogP contribution in [-0.4, -0.2) is 37.1 Å². The molecule has 8 aromatic rings. The van der Waals surface area contributed by atoms with E-state index in [1.54, 1.807) is 12.1 Å². The summed E-state index contributed by atoms with van der Waals surface area (Å²) in [4.78, 5) is 33.8. The lowest BCUT2D eigenvalue weighted by Gasteiger charge is -2.02. The van der Waals surface area contributed by atoms with Crippen molar-refractivity contribution in [3.8, 4) is 0 Å². The molecule has 6 N–H and O–H groups in total. The van der Waals surface area contributed by atoms with Gasteiger partial charge in [-0.15, -0.1) is 0 Å². The van der Waals surface area contributed by atoms with Gasteiger partial charge in [-0.25, -0.2) is 20.0 Å². The summed E-state index contributed by atoms with van der Waals surface area (Å²) >= 11 is 0. The van der Waals surface area contributed by atoms with E-state index in [0.29, 0.717) is 61.5 Å². The van der Waals surface area contributed by atoms with Crippen LogP contribution in [0.2, 0.25) is 0 Å². The molecule has 0 radical (unpaired) electrons. The zero-order chi connectivity index (χ0) is 28.7. The fourth-order valence-electron chi connectivity index (χ4n) is 6.07. The first kappa shape index (κ1) is 23.9. The standard InChI is InChI=1S/C32H21BN8O2/c42-33(43)23-15-7-14-22-24(23)32-40-30-21-13-6-5-12-20(21)28(38-30)36-26-17-9-2-1-8-16(17)25(34-26)35-27-18-10-3-4-11-19(18)29(37-27)39-31(22)41-32/h1-15,42-43H,(H4,34,35,36,37,38,39,40,41). The van der Waals surface area contributed by atoms with Crippen LogP contribution in [0.4, 0.5) is 23.3 Å². The first-order chi connectivity index (χ1) is 21.1. The average Bonchev–Trinajstić information content (AvgIpc) is 3.76. The Morgan fingerprint density at radius 2 is 0.767 bits per heavy atom. The lowest BCUT2D eigenvalue weighted by atomic mass is 9.78. The van der Waals surface area contributed by atoms with Crippen LogP contribution in [-0.2, 0) is 0 Å². The van der Waals surface area contributed by atoms with Gasteiger partial charge in [-0.1, -0.05) is 91.0 Å². The fraction of sp³-hybridized carbons (Fsp3) is 0. The van der Waals surface area contributed by atoms with E-state index in [9.17, 15) is 10.0 Å². The molecule has 0 saturated heterocycles. The minimum Gasteiger partial charge on any atom is -0.423 e. The molecule has 10 nitrogen and oxygen atoms in total. The second-order valence-electron chi connectivity index (χ2n) is 10.5. The summed E-state index contributed by atoms with van der Waals surface area (Å²) in [5.41, 5.74) is 2.80. The first-order valence-corrected chi connectivity index (χ1v) is 13.8. The van der Waals surface area contributed by atoms with E-state index in [1.807, 2.05) is 78.9 Å². The maximum Gasteiger partial charge on any atom is 0.489 e. The molecule has 0 atom stereocenters. The molecule has 0 unspecified atom stereocenters. The summed E-state index contributed by atoms with van der Waals surface area (Å²) in [6, 6.07) is 29.2. The summed E-state index contributed by atoms with van der Waals surface area (Å²) in [6.07, 6.45) is 0. The van der Waals surface area contributed by atoms with Crippen molar-refractivity contribution in [3.63, 3.8) is 0 Å². The number of aromatic amines is 4. The summed E-state index contributed by atoms with van der Waals surface area (Å²) in [7, 11) is -1.70. The second-order valence-corrected chi connectivity index (χ2v) is 10.5. The third kappa shape index (κ3) is 3.56. The smallest absolute Gasteiger partial charge is 0.423 e. The highest BCUT2D eigenvalue weighted by Gasteiger charge is 2.21. The second kappa shape index (κ2) is 8.86. The number of hydrogen-bond acceptors (Lipinski definition) is 6. The number of aromatic nitrogens is 4. The number of H-pyrrole nitrogens is 4. The molecule has 43 heavy (non-hydrogen) atoms. The SMILES string of the molecule is OB(O)c1cccc2c3[nH]c(c12)N=c1[nH]c(c2ccccc12)=Nc1[nH]c(c2ccccc12)N=c1[nH]c(c2ccccc12)=N3. The van der Waals surface area contributed by atoms with Gasteiger partial charge < -0.3 is 30.0 Å². The van der Waals surface area contributed by atoms with Crippen LogP contribution in [0.1, 0.15) is 0 Å². The van der Waals surface area contributed by atoms with E-state index in [0.717, 1.165) is 32.3 Å². The van der Waals surface area contributed by atoms with Crippen LogP contribution in [0.5, 0.6) is 0 Å². The summed E-state index contributed by atoms with van der Waals surface area (Å²) < 4.78 is 0. The van der Waals surface area contributed by atoms with Crippen LogP contribution < -0.4 is 27.4 Å². The molecular weight excluding hydrogens is 539 g/mol. The van der Waals surface area contributed by atoms with E-state index < -0.39 is 7.12 Å². The van der Waals surface area contributed by atoms with Gasteiger partial charge in [0.05, 0.1) is 0 Å². The van der Waals surface area contributed by atoms with E-state index in [-0.39, 0.29) is 0 Å². The highest BCUT2D eigenvalue weighted by molar-refractivity contribution is 6.62. The van der Waals surface area contributed by atoms with Gasteiger partial charge in [0.15, 0.2) is 0 Å². The van der Waals surface area contributed by atoms with Crippen LogP contribution >= 0.6 is 0 Å². The number of benzene rings is 4. The average molecular weight is 560 g/mol. The largest absolute Gasteiger partial charge is 0.489 e. The van der Waals surface area contributed by atoms with Crippen molar-refractivity contribution in [1.82, 2.24) is 19.9 Å². The Morgan fingerprint density at radius 3 is 1.23 bits per heavy atom. The number of rotatable bonds is 1. The molecule has 0 saturated carbocycles. The maximum atomic E-state index is 10.3. The highest BCUT2D eigenvalue weighted by atomic mass is 16.4. The van der Waals surface area contributed by atoms with Crippen molar-refractivity contribution in [2.45, 2.75) is 0 Å². The van der Waals surface area contributed by atoms with Gasteiger partial charge in [-0.2, -0.15) is 0 Å². The van der Waals surface area contributed by atoms with E-state index in [2.05, 4.69) is 19.9 Å². The number of fused-ring (bicyclic) bond motifs is 20. The third-order valence-electron chi connectivity index (χ3n) is 8.02. The van der Waals surface area contributed by atoms with Gasteiger partial charge in [-0.05, 0) is 5.46 Å². The van der Waals surface area contributed by atoms with Crippen LogP contribution in [0, 0.1) is 0 Å².